The van der Waals surface area contributed by atoms with Crippen LogP contribution in [0.25, 0.3) is 10.9 Å². The van der Waals surface area contributed by atoms with Gasteiger partial charge >= 0.3 is 5.97 Å². The van der Waals surface area contributed by atoms with Gasteiger partial charge in [-0.15, -0.1) is 0 Å². The number of ether oxygens (including phenoxy) is 1. The normalized spacial score (nSPS) is 15.8. The molecule has 1 aromatic heterocycles. The van der Waals surface area contributed by atoms with Crippen molar-refractivity contribution in [3.63, 3.8) is 0 Å². The molecule has 2 heterocycles. The smallest absolute Gasteiger partial charge is 0.338 e. The summed E-state index contributed by atoms with van der Waals surface area (Å²) in [6, 6.07) is 10.7. The SMILES string of the molecule is Cc1nc2c(NC(=O)Cc3ccccc3C(=O)OC(C)(C)C)cccc2c(=O)n1C1CCC(=O)NC1=O. The number of aryl methyl sites for hydroxylation is 1. The van der Waals surface area contributed by atoms with E-state index in [1.807, 2.05) is 0 Å². The van der Waals surface area contributed by atoms with E-state index in [0.717, 1.165) is 0 Å². The number of imide groups is 1. The Bertz CT molecular complexity index is 1480. The lowest BCUT2D eigenvalue weighted by Gasteiger charge is -2.24. The average molecular weight is 505 g/mol. The molecule has 0 spiro atoms. The summed E-state index contributed by atoms with van der Waals surface area (Å²) < 4.78 is 6.74. The van der Waals surface area contributed by atoms with Crippen LogP contribution in [0.15, 0.2) is 47.3 Å². The molecule has 10 heteroatoms. The number of rotatable bonds is 5. The van der Waals surface area contributed by atoms with E-state index in [-0.39, 0.29) is 41.9 Å². The number of nitrogens with zero attached hydrogens (tertiary/aromatic N) is 2. The summed E-state index contributed by atoms with van der Waals surface area (Å²) in [5, 5.41) is 5.27. The van der Waals surface area contributed by atoms with Gasteiger partial charge in [0.1, 0.15) is 23.0 Å². The van der Waals surface area contributed by atoms with E-state index < -0.39 is 35.0 Å². The molecule has 10 nitrogen and oxygen atoms in total. The van der Waals surface area contributed by atoms with Crippen molar-refractivity contribution >= 4 is 40.3 Å². The molecule has 192 valence electrons. The fourth-order valence-electron chi connectivity index (χ4n) is 4.30. The third-order valence-corrected chi connectivity index (χ3v) is 5.89. The maximum Gasteiger partial charge on any atom is 0.338 e. The van der Waals surface area contributed by atoms with Gasteiger partial charge in [0, 0.05) is 6.42 Å². The largest absolute Gasteiger partial charge is 0.456 e. The number of para-hydroxylation sites is 1. The summed E-state index contributed by atoms with van der Waals surface area (Å²) in [6.07, 6.45) is 0.228. The number of amides is 3. The first-order valence-electron chi connectivity index (χ1n) is 11.9. The molecule has 37 heavy (non-hydrogen) atoms. The summed E-state index contributed by atoms with van der Waals surface area (Å²) in [4.78, 5) is 67.4. The second kappa shape index (κ2) is 9.96. The van der Waals surface area contributed by atoms with Crippen molar-refractivity contribution in [3.8, 4) is 0 Å². The van der Waals surface area contributed by atoms with E-state index in [9.17, 15) is 24.0 Å². The van der Waals surface area contributed by atoms with Crippen LogP contribution in [0.3, 0.4) is 0 Å². The van der Waals surface area contributed by atoms with Gasteiger partial charge in [0.15, 0.2) is 0 Å². The van der Waals surface area contributed by atoms with Gasteiger partial charge in [-0.05, 0) is 57.9 Å². The Labute approximate surface area is 213 Å². The summed E-state index contributed by atoms with van der Waals surface area (Å²) in [5.41, 5.74) is 0.281. The Morgan fingerprint density at radius 3 is 2.54 bits per heavy atom. The van der Waals surface area contributed by atoms with Crippen LogP contribution in [-0.4, -0.2) is 38.8 Å². The maximum atomic E-state index is 13.3. The van der Waals surface area contributed by atoms with Crippen LogP contribution in [-0.2, 0) is 25.5 Å². The highest BCUT2D eigenvalue weighted by atomic mass is 16.6. The van der Waals surface area contributed by atoms with Crippen molar-refractivity contribution in [1.82, 2.24) is 14.9 Å². The van der Waals surface area contributed by atoms with Gasteiger partial charge in [0.2, 0.25) is 17.7 Å². The van der Waals surface area contributed by atoms with Crippen LogP contribution < -0.4 is 16.2 Å². The zero-order valence-corrected chi connectivity index (χ0v) is 21.1. The highest BCUT2D eigenvalue weighted by Crippen LogP contribution is 2.24. The minimum absolute atomic E-state index is 0.0991. The van der Waals surface area contributed by atoms with Crippen LogP contribution in [0, 0.1) is 6.92 Å². The predicted molar refractivity (Wildman–Crippen MR) is 136 cm³/mol. The Balaban J connectivity index is 1.62. The fourth-order valence-corrected chi connectivity index (χ4v) is 4.30. The number of hydrogen-bond acceptors (Lipinski definition) is 7. The van der Waals surface area contributed by atoms with E-state index in [0.29, 0.717) is 16.8 Å². The van der Waals surface area contributed by atoms with E-state index in [4.69, 9.17) is 4.74 Å². The van der Waals surface area contributed by atoms with Gasteiger partial charge in [0.05, 0.1) is 23.1 Å². The van der Waals surface area contributed by atoms with Crippen LogP contribution in [0.1, 0.15) is 61.4 Å². The molecule has 0 aliphatic carbocycles. The second-order valence-electron chi connectivity index (χ2n) is 9.89. The molecule has 2 N–H and O–H groups in total. The monoisotopic (exact) mass is 504 g/mol. The van der Waals surface area contributed by atoms with E-state index in [1.54, 1.807) is 70.2 Å². The first kappa shape index (κ1) is 25.7. The van der Waals surface area contributed by atoms with Crippen molar-refractivity contribution in [1.29, 1.82) is 0 Å². The molecule has 3 amide bonds. The topological polar surface area (TPSA) is 136 Å². The molecule has 1 atom stereocenters. The van der Waals surface area contributed by atoms with Gasteiger partial charge < -0.3 is 10.1 Å². The van der Waals surface area contributed by atoms with Gasteiger partial charge in [-0.3, -0.25) is 29.1 Å². The van der Waals surface area contributed by atoms with Crippen molar-refractivity contribution in [2.45, 2.75) is 58.6 Å². The second-order valence-corrected chi connectivity index (χ2v) is 9.89. The Morgan fingerprint density at radius 2 is 1.84 bits per heavy atom. The number of anilines is 1. The molecule has 3 aromatic rings. The molecule has 4 rings (SSSR count). The fraction of sp³-hybridized carbons (Fsp3) is 0.333. The lowest BCUT2D eigenvalue weighted by molar-refractivity contribution is -0.135. The summed E-state index contributed by atoms with van der Waals surface area (Å²) in [5.74, 6) is -1.57. The molecule has 0 radical (unpaired) electrons. The molecular weight excluding hydrogens is 476 g/mol. The number of piperidine rings is 1. The van der Waals surface area contributed by atoms with Crippen molar-refractivity contribution < 1.29 is 23.9 Å². The molecule has 1 unspecified atom stereocenters. The van der Waals surface area contributed by atoms with E-state index in [2.05, 4.69) is 15.6 Å². The molecule has 0 bridgehead atoms. The number of aromatic nitrogens is 2. The minimum atomic E-state index is -0.843. The van der Waals surface area contributed by atoms with Crippen molar-refractivity contribution in [2.75, 3.05) is 5.32 Å². The minimum Gasteiger partial charge on any atom is -0.456 e. The summed E-state index contributed by atoms with van der Waals surface area (Å²) in [6.45, 7) is 6.90. The molecule has 1 saturated heterocycles. The molecule has 2 aromatic carbocycles. The van der Waals surface area contributed by atoms with Crippen molar-refractivity contribution in [2.24, 2.45) is 0 Å². The van der Waals surface area contributed by atoms with Crippen LogP contribution in [0.5, 0.6) is 0 Å². The average Bonchev–Trinajstić information content (AvgIpc) is 2.80. The first-order valence-corrected chi connectivity index (χ1v) is 11.9. The zero-order chi connectivity index (χ0) is 26.9. The number of fused-ring (bicyclic) bond motifs is 1. The van der Waals surface area contributed by atoms with Crippen LogP contribution in [0.2, 0.25) is 0 Å². The van der Waals surface area contributed by atoms with Crippen molar-refractivity contribution in [3.05, 3.63) is 69.8 Å². The summed E-state index contributed by atoms with van der Waals surface area (Å²) >= 11 is 0. The Morgan fingerprint density at radius 1 is 1.11 bits per heavy atom. The molecule has 1 aliphatic heterocycles. The van der Waals surface area contributed by atoms with Crippen LogP contribution in [0.4, 0.5) is 5.69 Å². The van der Waals surface area contributed by atoms with Gasteiger partial charge in [-0.25, -0.2) is 9.78 Å². The first-order chi connectivity index (χ1) is 17.4. The quantitative estimate of drug-likeness (QED) is 0.403. The standard InChI is InChI=1S/C27H28N4O6/c1-15-28-23-18(25(35)31(15)20-12-13-21(32)30-24(20)34)10-7-11-19(23)29-22(33)14-16-8-5-6-9-17(16)26(36)37-27(2,3)4/h5-11,20H,12-14H2,1-4H3,(H,29,33)(H,30,32,34). The lowest BCUT2D eigenvalue weighted by atomic mass is 10.0. The Kier molecular flexibility index (Phi) is 6.93. The van der Waals surface area contributed by atoms with Gasteiger partial charge in [-0.1, -0.05) is 24.3 Å². The van der Waals surface area contributed by atoms with Gasteiger partial charge in [-0.2, -0.15) is 0 Å². The maximum absolute atomic E-state index is 13.3. The highest BCUT2D eigenvalue weighted by molar-refractivity contribution is 6.02. The number of hydrogen-bond donors (Lipinski definition) is 2. The number of carbonyl (C=O) groups excluding carboxylic acids is 4. The number of benzene rings is 2. The third kappa shape index (κ3) is 5.58. The molecule has 1 aliphatic rings. The summed E-state index contributed by atoms with van der Waals surface area (Å²) in [7, 11) is 0. The third-order valence-electron chi connectivity index (χ3n) is 5.89. The van der Waals surface area contributed by atoms with Gasteiger partial charge in [0.25, 0.3) is 5.56 Å². The molecular formula is C27H28N4O6. The zero-order valence-electron chi connectivity index (χ0n) is 21.1. The number of esters is 1. The van der Waals surface area contributed by atoms with E-state index >= 15 is 0 Å². The number of nitrogens with one attached hydrogen (secondary N) is 2. The number of carbonyl (C=O) groups is 4. The lowest BCUT2D eigenvalue weighted by Crippen LogP contribution is -2.45. The molecule has 1 fully saturated rings. The van der Waals surface area contributed by atoms with E-state index in [1.165, 1.54) is 4.57 Å². The highest BCUT2D eigenvalue weighted by Gasteiger charge is 2.30. The molecule has 0 saturated carbocycles. The predicted octanol–water partition coefficient (Wildman–Crippen LogP) is 2.82. The van der Waals surface area contributed by atoms with Crippen LogP contribution >= 0.6 is 0 Å². The Hall–Kier alpha value is -4.34.